The number of alkyl halides is 3. The van der Waals surface area contributed by atoms with Gasteiger partial charge in [0.1, 0.15) is 53.9 Å². The van der Waals surface area contributed by atoms with Crippen LogP contribution >= 0.6 is 11.6 Å². The average Bonchev–Trinajstić information content (AvgIpc) is 1.50. The summed E-state index contributed by atoms with van der Waals surface area (Å²) in [5.41, 5.74) is -0.938. The second-order valence-corrected chi connectivity index (χ2v) is 30.2. The van der Waals surface area contributed by atoms with Gasteiger partial charge in [-0.05, 0) is 112 Å². The number of amides is 12. The molecule has 106 heavy (non-hydrogen) atoms. The van der Waals surface area contributed by atoms with Crippen molar-refractivity contribution in [3.8, 4) is 0 Å². The third kappa shape index (κ3) is 21.9. The van der Waals surface area contributed by atoms with Crippen LogP contribution in [0.25, 0.3) is 0 Å². The van der Waals surface area contributed by atoms with Crippen molar-refractivity contribution >= 4 is 82.5 Å². The van der Waals surface area contributed by atoms with Gasteiger partial charge in [-0.15, -0.1) is 13.2 Å². The predicted octanol–water partition coefficient (Wildman–Crippen LogP) is 6.21. The highest BCUT2D eigenvalue weighted by molar-refractivity contribution is 6.31. The Morgan fingerprint density at radius 2 is 1.34 bits per heavy atom. The van der Waals surface area contributed by atoms with Crippen LogP contribution in [0.1, 0.15) is 146 Å². The minimum absolute atomic E-state index is 0.000860. The Balaban J connectivity index is 1.51. The van der Waals surface area contributed by atoms with Gasteiger partial charge in [-0.3, -0.25) is 57.5 Å². The van der Waals surface area contributed by atoms with Gasteiger partial charge in [-0.25, -0.2) is 0 Å². The van der Waals surface area contributed by atoms with E-state index in [1.165, 1.54) is 104 Å². The lowest BCUT2D eigenvalue weighted by molar-refractivity contribution is -0.156. The summed E-state index contributed by atoms with van der Waals surface area (Å²) >= 11 is 6.19. The van der Waals surface area contributed by atoms with E-state index in [2.05, 4.69) is 29.1 Å². The third-order valence-corrected chi connectivity index (χ3v) is 21.7. The van der Waals surface area contributed by atoms with E-state index < -0.39 is 179 Å². The first-order chi connectivity index (χ1) is 49.9. The number of nitrogens with zero attached hydrogens (tertiary/aromatic N) is 9. The highest BCUT2D eigenvalue weighted by Gasteiger charge is 2.52. The number of rotatable bonds is 18. The number of aryl methyl sites for hydroxylation is 2. The lowest BCUT2D eigenvalue weighted by Gasteiger charge is -2.42. The molecule has 4 fully saturated rings. The quantitative estimate of drug-likeness (QED) is 0.111. The zero-order chi connectivity index (χ0) is 78.8. The van der Waals surface area contributed by atoms with E-state index in [4.69, 9.17) is 16.3 Å². The molecular formula is C77H112ClF3N12O13. The van der Waals surface area contributed by atoms with Crippen molar-refractivity contribution in [2.24, 2.45) is 17.8 Å². The number of nitrogens with one attached hydrogen (secondary N) is 3. The molecule has 2 aliphatic carbocycles. The Kier molecular flexibility index (Phi) is 31.8. The lowest BCUT2D eigenvalue weighted by Crippen LogP contribution is -2.65. The smallest absolute Gasteiger partial charge is 0.375 e. The monoisotopic (exact) mass is 1500 g/mol. The van der Waals surface area contributed by atoms with Crippen LogP contribution in [0.3, 0.4) is 0 Å². The summed E-state index contributed by atoms with van der Waals surface area (Å²) in [4.78, 5) is 193. The Morgan fingerprint density at radius 1 is 0.717 bits per heavy atom. The number of likely N-dealkylation sites (N-methyl/N-ethyl adjacent to an activating group) is 7. The number of carbonyl (C=O) groups excluding carboxylic acids is 12. The third-order valence-electron chi connectivity index (χ3n) is 21.4. The molecule has 9 atom stereocenters. The summed E-state index contributed by atoms with van der Waals surface area (Å²) in [7, 11) is 11.2. The van der Waals surface area contributed by atoms with Crippen molar-refractivity contribution < 1.29 is 75.4 Å². The van der Waals surface area contributed by atoms with E-state index in [9.17, 15) is 41.9 Å². The highest BCUT2D eigenvalue weighted by Crippen LogP contribution is 2.38. The standard InChI is InChI=1S/C77H112ClF3N12O13/c1-16-19-38-93-60(43-52-30-28-49(6)29-31-52)71(101)86(10)45-62(94)82-56(35-33-51-32-34-54(55(78)42-51)77(79,80)81)69(99)92-39-24-27-57(92)68(98)84-76(36-22-23-37-76)75(105)91(15)66(53-25-20-21-26-53)74(104)90(14)59(70(100)85(8)9)44-63(95)88(12)58(41-48(4)5)67(97)83-65(50(7)18-3)73(103)87(11)46-64(96)89(13)61(72(93)102)47-106-40-17-2/h16-17,28-32,34,42,48,50,53,56-61,65-66H,1-2,18-27,33,35-41,43-47H2,3-15H3,(H,82,94)(H,83,97)(H,84,98)/t50-,56+,57-,58-,59-,60-,61+,65-,66-/m0/s1. The second kappa shape index (κ2) is 38.9. The summed E-state index contributed by atoms with van der Waals surface area (Å²) < 4.78 is 47.8. The fourth-order valence-corrected chi connectivity index (χ4v) is 15.1. The lowest BCUT2D eigenvalue weighted by atomic mass is 9.90. The first-order valence-corrected chi connectivity index (χ1v) is 37.3. The van der Waals surface area contributed by atoms with Crippen LogP contribution < -0.4 is 16.0 Å². The Morgan fingerprint density at radius 3 is 1.92 bits per heavy atom. The second-order valence-electron chi connectivity index (χ2n) is 29.8. The van der Waals surface area contributed by atoms with E-state index in [1.807, 2.05) is 39.8 Å². The molecule has 2 saturated carbocycles. The fourth-order valence-electron chi connectivity index (χ4n) is 14.8. The fraction of sp³-hybridized carbons (Fsp3) is 0.636. The number of halogens is 4. The zero-order valence-corrected chi connectivity index (χ0v) is 64.8. The summed E-state index contributed by atoms with van der Waals surface area (Å²) in [6, 6.07) is -0.489. The van der Waals surface area contributed by atoms with Gasteiger partial charge in [0.25, 0.3) is 0 Å². The molecule has 0 aromatic heterocycles. The SMILES string of the molecule is C=CCCN1C(=O)[C@@H](COCC=C)N(C)C(=O)CN(C)C(=O)[C@H]([C@@H](C)CC)NC(=O)[C@H](CC(C)C)N(C)C(=O)C[C@@H](C(=O)N(C)C)N(C)C(=O)[C@H](C2CCCC2)N(C)C(=O)C2(CCCC2)NC(=O)[C@@H]2CCCN2C(=O)[C@@H](CCc2ccc(C(F)(F)F)c(Cl)c2)NC(=O)CN(C)C(=O)[C@@H]1Cc1ccc(C)cc1. The Labute approximate surface area is 627 Å². The summed E-state index contributed by atoms with van der Waals surface area (Å²) in [5, 5.41) is 8.10. The molecule has 1 spiro atoms. The first-order valence-electron chi connectivity index (χ1n) is 36.9. The van der Waals surface area contributed by atoms with Gasteiger partial charge in [0.2, 0.25) is 70.9 Å². The van der Waals surface area contributed by atoms with Gasteiger partial charge in [0, 0.05) is 75.9 Å². The van der Waals surface area contributed by atoms with E-state index in [0.29, 0.717) is 44.1 Å². The molecule has 25 nitrogen and oxygen atoms in total. The van der Waals surface area contributed by atoms with Gasteiger partial charge in [0.15, 0.2) is 0 Å². The molecular weight excluding hydrogens is 1390 g/mol. The molecule has 0 bridgehead atoms. The van der Waals surface area contributed by atoms with Gasteiger partial charge in [0.05, 0.1) is 43.3 Å². The van der Waals surface area contributed by atoms with Crippen LogP contribution in [-0.4, -0.2) is 265 Å². The molecule has 29 heteroatoms. The highest BCUT2D eigenvalue weighted by atomic mass is 35.5. The average molecular weight is 1510 g/mol. The van der Waals surface area contributed by atoms with Crippen LogP contribution in [-0.2, 0) is 81.3 Å². The van der Waals surface area contributed by atoms with Crippen molar-refractivity contribution in [1.29, 1.82) is 0 Å². The van der Waals surface area contributed by atoms with Crippen LogP contribution in [0.5, 0.6) is 0 Å². The molecule has 2 saturated heterocycles. The van der Waals surface area contributed by atoms with Gasteiger partial charge >= 0.3 is 6.18 Å². The van der Waals surface area contributed by atoms with Crippen molar-refractivity contribution in [3.63, 3.8) is 0 Å². The van der Waals surface area contributed by atoms with Gasteiger partial charge in [-0.2, -0.15) is 13.2 Å². The predicted molar refractivity (Wildman–Crippen MR) is 395 cm³/mol. The molecule has 2 heterocycles. The normalized spacial score (nSPS) is 24.6. The van der Waals surface area contributed by atoms with Gasteiger partial charge < -0.3 is 64.8 Å². The Hall–Kier alpha value is -8.40. The molecule has 4 aliphatic rings. The molecule has 2 aliphatic heterocycles. The zero-order valence-electron chi connectivity index (χ0n) is 64.1. The molecule has 6 rings (SSSR count). The van der Waals surface area contributed by atoms with Crippen LogP contribution in [0, 0.1) is 24.7 Å². The topological polar surface area (TPSA) is 279 Å². The van der Waals surface area contributed by atoms with Crippen LogP contribution in [0.15, 0.2) is 67.8 Å². The number of hydrogen-bond donors (Lipinski definition) is 3. The number of ether oxygens (including phenoxy) is 1. The van der Waals surface area contributed by atoms with Crippen molar-refractivity contribution in [2.75, 3.05) is 95.8 Å². The minimum atomic E-state index is -4.79. The molecule has 0 unspecified atom stereocenters. The Bertz CT molecular complexity index is 3490. The largest absolute Gasteiger partial charge is 0.417 e. The first kappa shape index (κ1) is 86.5. The molecule has 12 amide bonds. The maximum absolute atomic E-state index is 15.7. The number of carbonyl (C=O) groups is 12. The summed E-state index contributed by atoms with van der Waals surface area (Å²) in [6.07, 6.45) is 1.81. The van der Waals surface area contributed by atoms with E-state index >= 15 is 28.8 Å². The minimum Gasteiger partial charge on any atom is -0.375 e. The van der Waals surface area contributed by atoms with E-state index in [1.54, 1.807) is 19.1 Å². The maximum Gasteiger partial charge on any atom is 0.417 e. The van der Waals surface area contributed by atoms with Crippen LogP contribution in [0.4, 0.5) is 13.2 Å². The maximum atomic E-state index is 15.7. The molecule has 586 valence electrons. The number of hydrogen-bond acceptors (Lipinski definition) is 13. The van der Waals surface area contributed by atoms with E-state index in [0.717, 1.165) is 45.2 Å². The van der Waals surface area contributed by atoms with E-state index in [-0.39, 0.29) is 82.5 Å². The summed E-state index contributed by atoms with van der Waals surface area (Å²) in [5.74, 6) is -9.80. The van der Waals surface area contributed by atoms with Crippen molar-refractivity contribution in [2.45, 2.75) is 204 Å². The summed E-state index contributed by atoms with van der Waals surface area (Å²) in [6.45, 7) is 14.7. The van der Waals surface area contributed by atoms with Crippen molar-refractivity contribution in [1.82, 2.24) is 60.0 Å². The van der Waals surface area contributed by atoms with Crippen molar-refractivity contribution in [3.05, 3.63) is 95.1 Å². The molecule has 2 aromatic carbocycles. The molecule has 2 aromatic rings. The molecule has 3 N–H and O–H groups in total. The van der Waals surface area contributed by atoms with Crippen LogP contribution in [0.2, 0.25) is 5.02 Å². The number of benzene rings is 2. The number of fused-ring (bicyclic) bond motifs is 1. The van der Waals surface area contributed by atoms with Gasteiger partial charge in [-0.1, -0.05) is 119 Å². The molecule has 0 radical (unpaired) electrons.